The normalized spacial score (nSPS) is 21.2. The standard InChI is InChI=1S/C9H21N3O3S/c1-9(2,13)8-11-4-6-12(7-5-11)16(14,15)10-3/h10,13H,4-8H2,1-3H3. The average Bonchev–Trinajstić information content (AvgIpc) is 2.16. The Balaban J connectivity index is 2.46. The molecule has 96 valence electrons. The van der Waals surface area contributed by atoms with Crippen LogP contribution in [0.5, 0.6) is 0 Å². The first kappa shape index (κ1) is 13.9. The lowest BCUT2D eigenvalue weighted by Crippen LogP contribution is -2.53. The highest BCUT2D eigenvalue weighted by atomic mass is 32.2. The van der Waals surface area contributed by atoms with Crippen molar-refractivity contribution < 1.29 is 13.5 Å². The Morgan fingerprint density at radius 1 is 1.25 bits per heavy atom. The van der Waals surface area contributed by atoms with Crippen molar-refractivity contribution in [2.75, 3.05) is 39.8 Å². The van der Waals surface area contributed by atoms with E-state index in [0.29, 0.717) is 32.7 Å². The lowest BCUT2D eigenvalue weighted by molar-refractivity contribution is 0.0262. The largest absolute Gasteiger partial charge is 0.389 e. The predicted molar refractivity (Wildman–Crippen MR) is 62.3 cm³/mol. The van der Waals surface area contributed by atoms with Crippen LogP contribution in [-0.4, -0.2) is 68.1 Å². The summed E-state index contributed by atoms with van der Waals surface area (Å²) in [6, 6.07) is 0. The van der Waals surface area contributed by atoms with Gasteiger partial charge in [0.15, 0.2) is 0 Å². The molecule has 1 aliphatic heterocycles. The summed E-state index contributed by atoms with van der Waals surface area (Å²) >= 11 is 0. The average molecular weight is 251 g/mol. The van der Waals surface area contributed by atoms with Crippen LogP contribution >= 0.6 is 0 Å². The van der Waals surface area contributed by atoms with Gasteiger partial charge in [-0.1, -0.05) is 0 Å². The molecule has 0 bridgehead atoms. The van der Waals surface area contributed by atoms with Crippen molar-refractivity contribution in [2.45, 2.75) is 19.4 Å². The zero-order valence-electron chi connectivity index (χ0n) is 10.1. The van der Waals surface area contributed by atoms with E-state index < -0.39 is 15.8 Å². The van der Waals surface area contributed by atoms with E-state index in [9.17, 15) is 13.5 Å². The minimum atomic E-state index is -3.29. The summed E-state index contributed by atoms with van der Waals surface area (Å²) in [5.74, 6) is 0. The van der Waals surface area contributed by atoms with E-state index in [2.05, 4.69) is 9.62 Å². The fraction of sp³-hybridized carbons (Fsp3) is 1.00. The van der Waals surface area contributed by atoms with E-state index in [4.69, 9.17) is 0 Å². The molecule has 0 radical (unpaired) electrons. The maximum Gasteiger partial charge on any atom is 0.279 e. The fourth-order valence-electron chi connectivity index (χ4n) is 1.80. The van der Waals surface area contributed by atoms with Crippen LogP contribution in [0, 0.1) is 0 Å². The third kappa shape index (κ3) is 3.99. The van der Waals surface area contributed by atoms with Gasteiger partial charge in [-0.15, -0.1) is 0 Å². The van der Waals surface area contributed by atoms with Gasteiger partial charge < -0.3 is 5.11 Å². The molecule has 7 heteroatoms. The van der Waals surface area contributed by atoms with Gasteiger partial charge >= 0.3 is 0 Å². The summed E-state index contributed by atoms with van der Waals surface area (Å²) in [5.41, 5.74) is -0.732. The van der Waals surface area contributed by atoms with Crippen molar-refractivity contribution >= 4 is 10.2 Å². The van der Waals surface area contributed by atoms with Crippen LogP contribution in [0.1, 0.15) is 13.8 Å². The van der Waals surface area contributed by atoms with Crippen LogP contribution in [0.4, 0.5) is 0 Å². The molecular weight excluding hydrogens is 230 g/mol. The maximum atomic E-state index is 11.5. The van der Waals surface area contributed by atoms with Gasteiger partial charge in [-0.25, -0.2) is 4.72 Å². The minimum absolute atomic E-state index is 0.471. The number of nitrogens with zero attached hydrogens (tertiary/aromatic N) is 2. The lowest BCUT2D eigenvalue weighted by Gasteiger charge is -2.36. The molecule has 0 aliphatic carbocycles. The first-order valence-corrected chi connectivity index (χ1v) is 6.82. The summed E-state index contributed by atoms with van der Waals surface area (Å²) in [7, 11) is -1.88. The molecule has 2 N–H and O–H groups in total. The molecular formula is C9H21N3O3S. The molecule has 1 fully saturated rings. The van der Waals surface area contributed by atoms with Crippen molar-refractivity contribution in [1.29, 1.82) is 0 Å². The van der Waals surface area contributed by atoms with E-state index in [1.807, 2.05) is 0 Å². The van der Waals surface area contributed by atoms with E-state index in [1.165, 1.54) is 11.4 Å². The van der Waals surface area contributed by atoms with E-state index in [1.54, 1.807) is 13.8 Å². The van der Waals surface area contributed by atoms with Gasteiger partial charge in [-0.05, 0) is 13.8 Å². The summed E-state index contributed by atoms with van der Waals surface area (Å²) in [5, 5.41) is 9.66. The van der Waals surface area contributed by atoms with Crippen LogP contribution in [-0.2, 0) is 10.2 Å². The van der Waals surface area contributed by atoms with Gasteiger partial charge in [0.25, 0.3) is 10.2 Å². The third-order valence-corrected chi connectivity index (χ3v) is 4.10. The topological polar surface area (TPSA) is 72.9 Å². The Labute approximate surface area is 97.4 Å². The molecule has 0 saturated carbocycles. The van der Waals surface area contributed by atoms with Gasteiger partial charge in [0.05, 0.1) is 5.60 Å². The van der Waals surface area contributed by atoms with Crippen molar-refractivity contribution in [3.05, 3.63) is 0 Å². The zero-order chi connectivity index (χ0) is 12.4. The molecule has 1 saturated heterocycles. The molecule has 0 aromatic rings. The Hall–Kier alpha value is -0.210. The zero-order valence-corrected chi connectivity index (χ0v) is 10.9. The van der Waals surface area contributed by atoms with Crippen LogP contribution in [0.3, 0.4) is 0 Å². The molecule has 0 unspecified atom stereocenters. The van der Waals surface area contributed by atoms with Gasteiger partial charge in [-0.2, -0.15) is 12.7 Å². The highest BCUT2D eigenvalue weighted by molar-refractivity contribution is 7.87. The molecule has 1 rings (SSSR count). The van der Waals surface area contributed by atoms with E-state index in [-0.39, 0.29) is 0 Å². The van der Waals surface area contributed by atoms with Crippen LogP contribution in [0.15, 0.2) is 0 Å². The molecule has 6 nitrogen and oxygen atoms in total. The highest BCUT2D eigenvalue weighted by Crippen LogP contribution is 2.10. The summed E-state index contributed by atoms with van der Waals surface area (Å²) in [6.07, 6.45) is 0. The molecule has 0 aromatic carbocycles. The minimum Gasteiger partial charge on any atom is -0.389 e. The van der Waals surface area contributed by atoms with Crippen molar-refractivity contribution in [2.24, 2.45) is 0 Å². The number of hydrogen-bond acceptors (Lipinski definition) is 4. The maximum absolute atomic E-state index is 11.5. The van der Waals surface area contributed by atoms with Crippen molar-refractivity contribution in [3.63, 3.8) is 0 Å². The number of nitrogens with one attached hydrogen (secondary N) is 1. The monoisotopic (exact) mass is 251 g/mol. The highest BCUT2D eigenvalue weighted by Gasteiger charge is 2.27. The van der Waals surface area contributed by atoms with Crippen LogP contribution in [0.25, 0.3) is 0 Å². The van der Waals surface area contributed by atoms with Crippen molar-refractivity contribution in [1.82, 2.24) is 13.9 Å². The fourth-order valence-corrected chi connectivity index (χ4v) is 2.71. The molecule has 1 heterocycles. The quantitative estimate of drug-likeness (QED) is 0.661. The second-order valence-corrected chi connectivity index (χ2v) is 6.57. The number of β-amino-alcohol motifs (C(OH)–C–C–N with tert-alkyl or cyclic N) is 1. The van der Waals surface area contributed by atoms with E-state index in [0.717, 1.165) is 0 Å². The van der Waals surface area contributed by atoms with Gasteiger partial charge in [0.1, 0.15) is 0 Å². The Bertz CT molecular complexity index is 315. The Kier molecular flexibility index (Phi) is 4.30. The second-order valence-electron chi connectivity index (χ2n) is 4.70. The Morgan fingerprint density at radius 2 is 1.75 bits per heavy atom. The lowest BCUT2D eigenvalue weighted by atomic mass is 10.1. The molecule has 0 amide bonds. The molecule has 16 heavy (non-hydrogen) atoms. The molecule has 0 spiro atoms. The van der Waals surface area contributed by atoms with Gasteiger partial charge in [0.2, 0.25) is 0 Å². The SMILES string of the molecule is CNS(=O)(=O)N1CCN(CC(C)(C)O)CC1. The molecule has 0 aromatic heterocycles. The number of rotatable bonds is 4. The summed E-state index contributed by atoms with van der Waals surface area (Å²) in [4.78, 5) is 2.07. The third-order valence-electron chi connectivity index (χ3n) is 2.54. The smallest absolute Gasteiger partial charge is 0.279 e. The molecule has 1 aliphatic rings. The van der Waals surface area contributed by atoms with Crippen LogP contribution in [0.2, 0.25) is 0 Å². The summed E-state index contributed by atoms with van der Waals surface area (Å²) < 4.78 is 26.7. The first-order valence-electron chi connectivity index (χ1n) is 5.38. The van der Waals surface area contributed by atoms with Gasteiger partial charge in [-0.3, -0.25) is 4.90 Å². The molecule has 0 atom stereocenters. The van der Waals surface area contributed by atoms with E-state index >= 15 is 0 Å². The van der Waals surface area contributed by atoms with Gasteiger partial charge in [0, 0.05) is 39.8 Å². The first-order chi connectivity index (χ1) is 7.24. The number of piperazine rings is 1. The van der Waals surface area contributed by atoms with Crippen molar-refractivity contribution in [3.8, 4) is 0 Å². The number of hydrogen-bond donors (Lipinski definition) is 2. The van der Waals surface area contributed by atoms with Crippen LogP contribution < -0.4 is 4.72 Å². The second kappa shape index (κ2) is 4.97. The summed E-state index contributed by atoms with van der Waals surface area (Å²) in [6.45, 7) is 6.34. The predicted octanol–water partition coefficient (Wildman–Crippen LogP) is -1.16. The Morgan fingerprint density at radius 3 is 2.12 bits per heavy atom. The number of aliphatic hydroxyl groups is 1.